The smallest absolute Gasteiger partial charge is 0.181 e. The van der Waals surface area contributed by atoms with Crippen molar-refractivity contribution in [3.05, 3.63) is 76.9 Å². The number of hydrogen-bond donors (Lipinski definition) is 0. The summed E-state index contributed by atoms with van der Waals surface area (Å²) in [6.07, 6.45) is 4.96. The van der Waals surface area contributed by atoms with Crippen LogP contribution in [-0.4, -0.2) is 14.7 Å². The van der Waals surface area contributed by atoms with Gasteiger partial charge in [-0.3, -0.25) is 0 Å². The van der Waals surface area contributed by atoms with E-state index in [9.17, 15) is 17.2 Å². The molecule has 1 aliphatic rings. The number of allylic oxidation sites excluding steroid dienone is 4. The number of nitrogens with zero attached hydrogens (tertiary/aromatic N) is 1. The van der Waals surface area contributed by atoms with Gasteiger partial charge in [0.05, 0.1) is 11.6 Å². The first-order chi connectivity index (χ1) is 11.8. The molecule has 2 aromatic rings. The fourth-order valence-corrected chi connectivity index (χ4v) is 3.69. The average Bonchev–Trinajstić information content (AvgIpc) is 3.02. The van der Waals surface area contributed by atoms with Crippen LogP contribution in [0.1, 0.15) is 23.1 Å². The molecule has 0 N–H and O–H groups in total. The van der Waals surface area contributed by atoms with Crippen molar-refractivity contribution in [3.8, 4) is 6.07 Å². The van der Waals surface area contributed by atoms with Crippen LogP contribution in [0.3, 0.4) is 0 Å². The predicted octanol–water partition coefficient (Wildman–Crippen LogP) is 4.11. The molecule has 0 aliphatic heterocycles. The van der Waals surface area contributed by atoms with Gasteiger partial charge in [-0.05, 0) is 53.0 Å². The fourth-order valence-electron chi connectivity index (χ4n) is 2.86. The molecule has 126 valence electrons. The highest BCUT2D eigenvalue weighted by Gasteiger charge is 2.23. The summed E-state index contributed by atoms with van der Waals surface area (Å²) in [6, 6.07) is 11.0. The molecule has 0 fully saturated rings. The van der Waals surface area contributed by atoms with E-state index in [1.165, 1.54) is 0 Å². The van der Waals surface area contributed by atoms with E-state index in [-0.39, 0.29) is 0 Å². The molecule has 0 saturated heterocycles. The molecule has 3 rings (SSSR count). The Morgan fingerprint density at radius 1 is 1.04 bits per heavy atom. The molecule has 0 radical (unpaired) electrons. The Bertz CT molecular complexity index is 1040. The Labute approximate surface area is 144 Å². The third-order valence-corrected chi connectivity index (χ3v) is 5.11. The molecule has 25 heavy (non-hydrogen) atoms. The molecular weight excluding hydrogens is 344 g/mol. The highest BCUT2D eigenvalue weighted by molar-refractivity contribution is 7.90. The van der Waals surface area contributed by atoms with Crippen LogP contribution in [0.25, 0.3) is 11.1 Å². The van der Waals surface area contributed by atoms with Crippen molar-refractivity contribution < 1.29 is 17.2 Å². The summed E-state index contributed by atoms with van der Waals surface area (Å²) in [5.74, 6) is -2.20. The summed E-state index contributed by atoms with van der Waals surface area (Å²) in [7, 11) is -3.99. The Kier molecular flexibility index (Phi) is 4.27. The van der Waals surface area contributed by atoms with Gasteiger partial charge in [0, 0.05) is 6.26 Å². The summed E-state index contributed by atoms with van der Waals surface area (Å²) in [4.78, 5) is -0.914. The number of hydrogen-bond acceptors (Lipinski definition) is 3. The van der Waals surface area contributed by atoms with Crippen molar-refractivity contribution in [1.82, 2.24) is 0 Å². The molecule has 0 saturated carbocycles. The van der Waals surface area contributed by atoms with Gasteiger partial charge in [0.1, 0.15) is 16.5 Å². The maximum absolute atomic E-state index is 14.2. The van der Waals surface area contributed by atoms with E-state index >= 15 is 0 Å². The lowest BCUT2D eigenvalue weighted by Gasteiger charge is -2.11. The molecule has 0 aromatic heterocycles. The average molecular weight is 357 g/mol. The van der Waals surface area contributed by atoms with E-state index in [2.05, 4.69) is 0 Å². The molecule has 6 heteroatoms. The molecule has 1 aliphatic carbocycles. The van der Waals surface area contributed by atoms with Gasteiger partial charge in [-0.2, -0.15) is 5.26 Å². The van der Waals surface area contributed by atoms with Gasteiger partial charge >= 0.3 is 0 Å². The first-order valence-corrected chi connectivity index (χ1v) is 9.30. The van der Waals surface area contributed by atoms with E-state index < -0.39 is 26.4 Å². The van der Waals surface area contributed by atoms with Crippen LogP contribution in [-0.2, 0) is 9.84 Å². The fraction of sp³-hybridized carbons (Fsp3) is 0.105. The minimum Gasteiger partial charge on any atom is -0.224 e. The minimum atomic E-state index is -3.99. The van der Waals surface area contributed by atoms with Gasteiger partial charge in [0.25, 0.3) is 0 Å². The van der Waals surface area contributed by atoms with Crippen molar-refractivity contribution in [2.24, 2.45) is 0 Å². The number of rotatable bonds is 3. The van der Waals surface area contributed by atoms with Gasteiger partial charge in [-0.15, -0.1) is 0 Å². The molecule has 0 bridgehead atoms. The second-order valence-electron chi connectivity index (χ2n) is 5.73. The lowest BCUT2D eigenvalue weighted by atomic mass is 9.96. The number of nitriles is 1. The minimum absolute atomic E-state index is 0.298. The van der Waals surface area contributed by atoms with E-state index in [0.717, 1.165) is 29.5 Å². The summed E-state index contributed by atoms with van der Waals surface area (Å²) in [5, 5.41) is 8.87. The molecule has 3 nitrogen and oxygen atoms in total. The normalized spacial score (nSPS) is 14.0. The van der Waals surface area contributed by atoms with Crippen molar-refractivity contribution in [3.63, 3.8) is 0 Å². The largest absolute Gasteiger partial charge is 0.224 e. The zero-order valence-electron chi connectivity index (χ0n) is 13.3. The summed E-state index contributed by atoms with van der Waals surface area (Å²) in [5.41, 5.74) is 3.11. The van der Waals surface area contributed by atoms with E-state index in [4.69, 9.17) is 5.26 Å². The lowest BCUT2D eigenvalue weighted by Crippen LogP contribution is -2.05. The quantitative estimate of drug-likeness (QED) is 0.831. The van der Waals surface area contributed by atoms with Crippen LogP contribution in [0.4, 0.5) is 8.78 Å². The standard InChI is InChI=1S/C19H13F2NO2S/c1-25(23,24)19-17(20)9-14(10-18(19)21)16-4-2-3-15(16)13-7-5-12(11-22)6-8-13/h2-3,5-10H,4H2,1H3. The maximum atomic E-state index is 14.2. The highest BCUT2D eigenvalue weighted by atomic mass is 32.2. The third-order valence-electron chi connectivity index (χ3n) is 3.97. The first kappa shape index (κ1) is 17.1. The first-order valence-electron chi connectivity index (χ1n) is 7.41. The monoisotopic (exact) mass is 357 g/mol. The topological polar surface area (TPSA) is 57.9 Å². The van der Waals surface area contributed by atoms with Gasteiger partial charge in [0.2, 0.25) is 0 Å². The Hall–Kier alpha value is -2.78. The Morgan fingerprint density at radius 2 is 1.64 bits per heavy atom. The molecule has 0 atom stereocenters. The van der Waals surface area contributed by atoms with Crippen LogP contribution >= 0.6 is 0 Å². The van der Waals surface area contributed by atoms with Crippen molar-refractivity contribution >= 4 is 21.0 Å². The van der Waals surface area contributed by atoms with E-state index in [1.807, 2.05) is 18.2 Å². The second kappa shape index (κ2) is 6.26. The highest BCUT2D eigenvalue weighted by Crippen LogP contribution is 2.36. The van der Waals surface area contributed by atoms with Crippen LogP contribution < -0.4 is 0 Å². The van der Waals surface area contributed by atoms with Crippen molar-refractivity contribution in [1.29, 1.82) is 5.26 Å². The zero-order valence-corrected chi connectivity index (χ0v) is 14.1. The maximum Gasteiger partial charge on any atom is 0.181 e. The summed E-state index contributed by atoms with van der Waals surface area (Å²) < 4.78 is 51.4. The molecule has 0 spiro atoms. The van der Waals surface area contributed by atoms with Gasteiger partial charge < -0.3 is 0 Å². The molecule has 0 unspecified atom stereocenters. The number of sulfone groups is 1. The second-order valence-corrected chi connectivity index (χ2v) is 7.68. The van der Waals surface area contributed by atoms with E-state index in [1.54, 1.807) is 24.3 Å². The summed E-state index contributed by atoms with van der Waals surface area (Å²) in [6.45, 7) is 0. The Morgan fingerprint density at radius 3 is 2.16 bits per heavy atom. The lowest BCUT2D eigenvalue weighted by molar-refractivity contribution is 0.520. The van der Waals surface area contributed by atoms with Crippen LogP contribution in [0.15, 0.2) is 53.4 Å². The van der Waals surface area contributed by atoms with Crippen LogP contribution in [0, 0.1) is 23.0 Å². The SMILES string of the molecule is CS(=O)(=O)c1c(F)cc(C2=C(c3ccc(C#N)cc3)C=CC2)cc1F. The predicted molar refractivity (Wildman–Crippen MR) is 91.2 cm³/mol. The summed E-state index contributed by atoms with van der Waals surface area (Å²) >= 11 is 0. The van der Waals surface area contributed by atoms with Gasteiger partial charge in [-0.25, -0.2) is 17.2 Å². The van der Waals surface area contributed by atoms with E-state index in [0.29, 0.717) is 23.1 Å². The molecule has 0 heterocycles. The van der Waals surface area contributed by atoms with Crippen molar-refractivity contribution in [2.75, 3.05) is 6.26 Å². The van der Waals surface area contributed by atoms with Crippen molar-refractivity contribution in [2.45, 2.75) is 11.3 Å². The van der Waals surface area contributed by atoms with Gasteiger partial charge in [-0.1, -0.05) is 24.3 Å². The Balaban J connectivity index is 2.13. The zero-order chi connectivity index (χ0) is 18.2. The molecule has 2 aromatic carbocycles. The number of halogens is 2. The van der Waals surface area contributed by atoms with Crippen LogP contribution in [0.2, 0.25) is 0 Å². The molecular formula is C19H13F2NO2S. The van der Waals surface area contributed by atoms with Gasteiger partial charge in [0.15, 0.2) is 9.84 Å². The van der Waals surface area contributed by atoms with Crippen LogP contribution in [0.5, 0.6) is 0 Å². The third kappa shape index (κ3) is 3.24. The number of benzene rings is 2. The molecule has 0 amide bonds.